The van der Waals surface area contributed by atoms with Gasteiger partial charge in [-0.1, -0.05) is 30.3 Å². The molecule has 0 saturated heterocycles. The zero-order chi connectivity index (χ0) is 17.1. The topological polar surface area (TPSA) is 67.2 Å². The van der Waals surface area contributed by atoms with Crippen molar-refractivity contribution in [1.82, 2.24) is 19.8 Å². The van der Waals surface area contributed by atoms with Crippen LogP contribution in [0.1, 0.15) is 41.8 Å². The van der Waals surface area contributed by atoms with Gasteiger partial charge in [0.1, 0.15) is 11.5 Å². The van der Waals surface area contributed by atoms with Crippen molar-refractivity contribution < 1.29 is 9.59 Å². The summed E-state index contributed by atoms with van der Waals surface area (Å²) in [5.41, 5.74) is 1.60. The van der Waals surface area contributed by atoms with Crippen LogP contribution in [0.15, 0.2) is 36.5 Å². The first-order chi connectivity index (χ1) is 11.6. The number of fused-ring (bicyclic) bond motifs is 1. The second-order valence-corrected chi connectivity index (χ2v) is 6.06. The van der Waals surface area contributed by atoms with Crippen molar-refractivity contribution in [3.63, 3.8) is 0 Å². The molecule has 2 aromatic rings. The maximum atomic E-state index is 12.3. The molecule has 0 radical (unpaired) electrons. The third-order valence-electron chi connectivity index (χ3n) is 4.41. The quantitative estimate of drug-likeness (QED) is 0.931. The summed E-state index contributed by atoms with van der Waals surface area (Å²) in [4.78, 5) is 30.2. The van der Waals surface area contributed by atoms with Crippen LogP contribution in [-0.4, -0.2) is 39.4 Å². The van der Waals surface area contributed by atoms with Gasteiger partial charge in [0, 0.05) is 32.8 Å². The van der Waals surface area contributed by atoms with Crippen LogP contribution in [0.5, 0.6) is 0 Å². The first-order valence-corrected chi connectivity index (χ1v) is 8.22. The molecule has 0 aliphatic carbocycles. The van der Waals surface area contributed by atoms with Gasteiger partial charge in [0.2, 0.25) is 5.91 Å². The lowest BCUT2D eigenvalue weighted by Crippen LogP contribution is -2.39. The minimum absolute atomic E-state index is 0.0330. The smallest absolute Gasteiger partial charge is 0.271 e. The minimum atomic E-state index is -0.172. The highest BCUT2D eigenvalue weighted by atomic mass is 16.2. The highest BCUT2D eigenvalue weighted by Gasteiger charge is 2.28. The van der Waals surface area contributed by atoms with E-state index in [0.717, 1.165) is 12.2 Å². The van der Waals surface area contributed by atoms with E-state index < -0.39 is 0 Å². The van der Waals surface area contributed by atoms with E-state index in [1.165, 1.54) is 5.56 Å². The van der Waals surface area contributed by atoms with Crippen LogP contribution in [0.25, 0.3) is 0 Å². The molecular weight excluding hydrogens is 304 g/mol. The normalized spacial score (nSPS) is 16.6. The van der Waals surface area contributed by atoms with E-state index in [4.69, 9.17) is 0 Å². The Balaban J connectivity index is 1.63. The Morgan fingerprint density at radius 2 is 2.00 bits per heavy atom. The van der Waals surface area contributed by atoms with Gasteiger partial charge in [0.05, 0.1) is 6.04 Å². The lowest BCUT2D eigenvalue weighted by Gasteiger charge is -2.32. The van der Waals surface area contributed by atoms with E-state index in [0.29, 0.717) is 25.3 Å². The molecular formula is C18H22N4O2. The van der Waals surface area contributed by atoms with Crippen molar-refractivity contribution in [3.05, 3.63) is 53.6 Å². The number of carbonyl (C=O) groups excluding carboxylic acids is 2. The van der Waals surface area contributed by atoms with E-state index in [1.54, 1.807) is 18.0 Å². The monoisotopic (exact) mass is 326 g/mol. The van der Waals surface area contributed by atoms with Crippen LogP contribution in [0.3, 0.4) is 0 Å². The molecule has 126 valence electrons. The Labute approximate surface area is 141 Å². The zero-order valence-electron chi connectivity index (χ0n) is 14.0. The second kappa shape index (κ2) is 6.86. The fourth-order valence-electron chi connectivity index (χ4n) is 3.09. The SMILES string of the molecule is CC(=O)N1CCn2cc(C(=O)NCCc3ccccc3)nc2[C@H]1C. The molecule has 0 fully saturated rings. The molecule has 0 unspecified atom stereocenters. The predicted molar refractivity (Wildman–Crippen MR) is 90.5 cm³/mol. The molecule has 1 N–H and O–H groups in total. The number of amides is 2. The maximum absolute atomic E-state index is 12.3. The van der Waals surface area contributed by atoms with Crippen LogP contribution in [0, 0.1) is 0 Å². The summed E-state index contributed by atoms with van der Waals surface area (Å²) in [7, 11) is 0. The summed E-state index contributed by atoms with van der Waals surface area (Å²) in [5.74, 6) is 0.629. The first-order valence-electron chi connectivity index (χ1n) is 8.22. The molecule has 3 rings (SSSR count). The van der Waals surface area contributed by atoms with E-state index in [1.807, 2.05) is 41.8 Å². The molecule has 24 heavy (non-hydrogen) atoms. The van der Waals surface area contributed by atoms with Gasteiger partial charge in [0.25, 0.3) is 5.91 Å². The lowest BCUT2D eigenvalue weighted by atomic mass is 10.1. The summed E-state index contributed by atoms with van der Waals surface area (Å²) < 4.78 is 1.97. The Morgan fingerprint density at radius 3 is 2.71 bits per heavy atom. The maximum Gasteiger partial charge on any atom is 0.271 e. The molecule has 2 amide bonds. The zero-order valence-corrected chi connectivity index (χ0v) is 14.0. The molecule has 1 aromatic heterocycles. The molecule has 0 spiro atoms. The number of hydrogen-bond donors (Lipinski definition) is 1. The van der Waals surface area contributed by atoms with Crippen LogP contribution < -0.4 is 5.32 Å². The molecule has 6 nitrogen and oxygen atoms in total. The minimum Gasteiger partial charge on any atom is -0.350 e. The fourth-order valence-corrected chi connectivity index (χ4v) is 3.09. The van der Waals surface area contributed by atoms with Gasteiger partial charge in [-0.2, -0.15) is 0 Å². The summed E-state index contributed by atoms with van der Waals surface area (Å²) >= 11 is 0. The lowest BCUT2D eigenvalue weighted by molar-refractivity contribution is -0.132. The molecule has 1 aliphatic heterocycles. The van der Waals surface area contributed by atoms with Gasteiger partial charge in [0.15, 0.2) is 0 Å². The first kappa shape index (κ1) is 16.2. The Bertz CT molecular complexity index is 739. The van der Waals surface area contributed by atoms with Crippen molar-refractivity contribution in [2.24, 2.45) is 0 Å². The highest BCUT2D eigenvalue weighted by molar-refractivity contribution is 5.92. The molecule has 6 heteroatoms. The van der Waals surface area contributed by atoms with Crippen LogP contribution in [-0.2, 0) is 17.8 Å². The summed E-state index contributed by atoms with van der Waals surface area (Å²) in [6, 6.07) is 9.93. The van der Waals surface area contributed by atoms with Crippen molar-refractivity contribution in [1.29, 1.82) is 0 Å². The number of rotatable bonds is 4. The van der Waals surface area contributed by atoms with Crippen molar-refractivity contribution in [2.45, 2.75) is 32.9 Å². The van der Waals surface area contributed by atoms with E-state index >= 15 is 0 Å². The molecule has 1 atom stereocenters. The summed E-state index contributed by atoms with van der Waals surface area (Å²) in [6.45, 7) is 5.39. The third kappa shape index (κ3) is 3.32. The number of imidazole rings is 1. The summed E-state index contributed by atoms with van der Waals surface area (Å²) in [5, 5.41) is 2.91. The van der Waals surface area contributed by atoms with Gasteiger partial charge >= 0.3 is 0 Å². The van der Waals surface area contributed by atoms with Gasteiger partial charge in [-0.05, 0) is 18.9 Å². The van der Waals surface area contributed by atoms with Crippen molar-refractivity contribution >= 4 is 11.8 Å². The Kier molecular flexibility index (Phi) is 4.64. The van der Waals surface area contributed by atoms with E-state index in [2.05, 4.69) is 10.3 Å². The molecule has 1 aromatic carbocycles. The van der Waals surface area contributed by atoms with Gasteiger partial charge in [-0.25, -0.2) is 4.98 Å². The third-order valence-corrected chi connectivity index (χ3v) is 4.41. The van der Waals surface area contributed by atoms with Crippen molar-refractivity contribution in [3.8, 4) is 0 Å². The number of aromatic nitrogens is 2. The van der Waals surface area contributed by atoms with Crippen LogP contribution in [0.4, 0.5) is 0 Å². The van der Waals surface area contributed by atoms with Crippen LogP contribution in [0.2, 0.25) is 0 Å². The molecule has 0 saturated carbocycles. The highest BCUT2D eigenvalue weighted by Crippen LogP contribution is 2.24. The number of nitrogens with one attached hydrogen (secondary N) is 1. The summed E-state index contributed by atoms with van der Waals surface area (Å²) in [6.07, 6.45) is 2.57. The Hall–Kier alpha value is -2.63. The Morgan fingerprint density at radius 1 is 1.25 bits per heavy atom. The number of hydrogen-bond acceptors (Lipinski definition) is 3. The average molecular weight is 326 g/mol. The van der Waals surface area contributed by atoms with Crippen LogP contribution >= 0.6 is 0 Å². The van der Waals surface area contributed by atoms with Gasteiger partial charge < -0.3 is 14.8 Å². The largest absolute Gasteiger partial charge is 0.350 e. The van der Waals surface area contributed by atoms with E-state index in [9.17, 15) is 9.59 Å². The predicted octanol–water partition coefficient (Wildman–Crippen LogP) is 1.78. The van der Waals surface area contributed by atoms with Gasteiger partial charge in [-0.3, -0.25) is 9.59 Å². The molecule has 0 bridgehead atoms. The van der Waals surface area contributed by atoms with Crippen molar-refractivity contribution in [2.75, 3.05) is 13.1 Å². The van der Waals surface area contributed by atoms with E-state index in [-0.39, 0.29) is 17.9 Å². The molecule has 1 aliphatic rings. The standard InChI is InChI=1S/C18H22N4O2/c1-13-17-20-16(12-21(17)10-11-22(13)14(2)23)18(24)19-9-8-15-6-4-3-5-7-15/h3-7,12-13H,8-11H2,1-2H3,(H,19,24)/t13-/m1/s1. The van der Waals surface area contributed by atoms with Gasteiger partial charge in [-0.15, -0.1) is 0 Å². The molecule has 2 heterocycles. The number of benzene rings is 1. The second-order valence-electron chi connectivity index (χ2n) is 6.06. The number of carbonyl (C=O) groups is 2. The fraction of sp³-hybridized carbons (Fsp3) is 0.389. The number of nitrogens with zero attached hydrogens (tertiary/aromatic N) is 3. The average Bonchev–Trinajstić information content (AvgIpc) is 3.01.